The minimum atomic E-state index is -0.276. The van der Waals surface area contributed by atoms with Gasteiger partial charge >= 0.3 is 6.03 Å². The number of hydrogen-bond donors (Lipinski definition) is 3. The minimum Gasteiger partial charge on any atom is -0.343 e. The predicted octanol–water partition coefficient (Wildman–Crippen LogP) is 3.90. The fourth-order valence-corrected chi connectivity index (χ4v) is 3.96. The zero-order chi connectivity index (χ0) is 23.8. The molecule has 0 saturated carbocycles. The second-order valence-electron chi connectivity index (χ2n) is 8.25. The molecule has 4 rings (SSSR count). The van der Waals surface area contributed by atoms with Crippen LogP contribution < -0.4 is 16.0 Å². The fourth-order valence-electron chi connectivity index (χ4n) is 3.96. The second kappa shape index (κ2) is 11.1. The first-order chi connectivity index (χ1) is 16.6. The van der Waals surface area contributed by atoms with Crippen molar-refractivity contribution in [3.05, 3.63) is 90.5 Å². The van der Waals surface area contributed by atoms with Crippen LogP contribution in [0.15, 0.2) is 84.9 Å². The van der Waals surface area contributed by atoms with Crippen molar-refractivity contribution in [2.75, 3.05) is 25.0 Å². The molecule has 0 spiro atoms. The highest BCUT2D eigenvalue weighted by Crippen LogP contribution is 2.19. The number of carbonyl (C=O) groups is 3. The van der Waals surface area contributed by atoms with E-state index in [2.05, 4.69) is 16.0 Å². The number of anilines is 1. The maximum Gasteiger partial charge on any atom is 0.319 e. The summed E-state index contributed by atoms with van der Waals surface area (Å²) in [6.07, 6.45) is 1.34. The summed E-state index contributed by atoms with van der Waals surface area (Å²) in [5.74, 6) is -0.399. The van der Waals surface area contributed by atoms with Gasteiger partial charge in [0.2, 0.25) is 5.91 Å². The zero-order valence-electron chi connectivity index (χ0n) is 18.9. The number of nitrogens with one attached hydrogen (secondary N) is 3. The third-order valence-electron chi connectivity index (χ3n) is 5.87. The lowest BCUT2D eigenvalue weighted by atomic mass is 10.0. The largest absolute Gasteiger partial charge is 0.343 e. The first kappa shape index (κ1) is 23.0. The molecule has 34 heavy (non-hydrogen) atoms. The number of likely N-dealkylation sites (tertiary alicyclic amines) is 1. The van der Waals surface area contributed by atoms with E-state index in [0.29, 0.717) is 31.5 Å². The maximum atomic E-state index is 12.6. The van der Waals surface area contributed by atoms with Crippen molar-refractivity contribution in [1.82, 2.24) is 15.5 Å². The van der Waals surface area contributed by atoms with Crippen molar-refractivity contribution in [2.24, 2.45) is 0 Å². The Labute approximate surface area is 199 Å². The summed E-state index contributed by atoms with van der Waals surface area (Å²) >= 11 is 0. The topological polar surface area (TPSA) is 90.5 Å². The Morgan fingerprint density at radius 2 is 1.35 bits per heavy atom. The molecule has 0 aromatic heterocycles. The number of urea groups is 1. The van der Waals surface area contributed by atoms with Gasteiger partial charge in [-0.3, -0.25) is 9.59 Å². The Balaban J connectivity index is 1.19. The molecule has 3 aromatic rings. The highest BCUT2D eigenvalue weighted by molar-refractivity contribution is 5.97. The number of carbonyl (C=O) groups excluding carboxylic acids is 3. The van der Waals surface area contributed by atoms with Crippen LogP contribution in [-0.4, -0.2) is 48.4 Å². The van der Waals surface area contributed by atoms with E-state index in [0.717, 1.165) is 16.8 Å². The number of piperidine rings is 1. The Kier molecular flexibility index (Phi) is 7.55. The van der Waals surface area contributed by atoms with E-state index in [9.17, 15) is 14.4 Å². The predicted molar refractivity (Wildman–Crippen MR) is 132 cm³/mol. The molecule has 0 unspecified atom stereocenters. The maximum absolute atomic E-state index is 12.6. The van der Waals surface area contributed by atoms with E-state index < -0.39 is 0 Å². The molecule has 174 valence electrons. The first-order valence-electron chi connectivity index (χ1n) is 11.4. The lowest BCUT2D eigenvalue weighted by molar-refractivity contribution is -0.131. The summed E-state index contributed by atoms with van der Waals surface area (Å²) in [5.41, 5.74) is 3.36. The molecule has 1 heterocycles. The Bertz CT molecular complexity index is 1110. The van der Waals surface area contributed by atoms with Crippen molar-refractivity contribution in [3.63, 3.8) is 0 Å². The van der Waals surface area contributed by atoms with Crippen molar-refractivity contribution in [2.45, 2.75) is 18.9 Å². The normalized spacial score (nSPS) is 13.7. The molecule has 4 amide bonds. The molecule has 1 saturated heterocycles. The van der Waals surface area contributed by atoms with Gasteiger partial charge in [0.1, 0.15) is 0 Å². The fraction of sp³-hybridized carbons (Fsp3) is 0.222. The molecule has 0 atom stereocenters. The highest BCUT2D eigenvalue weighted by Gasteiger charge is 2.24. The van der Waals surface area contributed by atoms with Crippen LogP contribution in [0.25, 0.3) is 11.1 Å². The van der Waals surface area contributed by atoms with E-state index in [-0.39, 0.29) is 30.4 Å². The molecule has 0 aliphatic carbocycles. The van der Waals surface area contributed by atoms with Gasteiger partial charge in [0.25, 0.3) is 5.91 Å². The average molecular weight is 457 g/mol. The molecule has 3 aromatic carbocycles. The van der Waals surface area contributed by atoms with Gasteiger partial charge in [0.15, 0.2) is 0 Å². The quantitative estimate of drug-likeness (QED) is 0.526. The lowest BCUT2D eigenvalue weighted by Gasteiger charge is -2.32. The van der Waals surface area contributed by atoms with Gasteiger partial charge in [-0.2, -0.15) is 0 Å². The third-order valence-corrected chi connectivity index (χ3v) is 5.87. The summed E-state index contributed by atoms with van der Waals surface area (Å²) in [4.78, 5) is 38.9. The van der Waals surface area contributed by atoms with Crippen LogP contribution >= 0.6 is 0 Å². The van der Waals surface area contributed by atoms with Crippen molar-refractivity contribution < 1.29 is 14.4 Å². The Morgan fingerprint density at radius 1 is 0.765 bits per heavy atom. The highest BCUT2D eigenvalue weighted by atomic mass is 16.2. The summed E-state index contributed by atoms with van der Waals surface area (Å²) in [5, 5.41) is 8.48. The van der Waals surface area contributed by atoms with Gasteiger partial charge in [-0.25, -0.2) is 4.79 Å². The molecule has 7 heteroatoms. The molecule has 0 bridgehead atoms. The standard InChI is InChI=1S/C27H28N4O3/c32-25(19-28-26(33)22-13-11-21(12-14-22)20-7-3-1-4-8-20)31-17-15-24(16-18-31)30-27(34)29-23-9-5-2-6-10-23/h1-14,24H,15-19H2,(H,28,33)(H2,29,30,34). The molecule has 0 radical (unpaired) electrons. The van der Waals surface area contributed by atoms with Crippen molar-refractivity contribution in [3.8, 4) is 11.1 Å². The van der Waals surface area contributed by atoms with Gasteiger partial charge in [0.05, 0.1) is 6.54 Å². The van der Waals surface area contributed by atoms with E-state index in [4.69, 9.17) is 0 Å². The van der Waals surface area contributed by atoms with Crippen LogP contribution in [0, 0.1) is 0 Å². The van der Waals surface area contributed by atoms with E-state index in [1.807, 2.05) is 72.8 Å². The monoisotopic (exact) mass is 456 g/mol. The molecule has 1 fully saturated rings. The van der Waals surface area contributed by atoms with Gasteiger partial charge in [-0.1, -0.05) is 60.7 Å². The van der Waals surface area contributed by atoms with Crippen molar-refractivity contribution in [1.29, 1.82) is 0 Å². The van der Waals surface area contributed by atoms with E-state index in [1.165, 1.54) is 0 Å². The summed E-state index contributed by atoms with van der Waals surface area (Å²) < 4.78 is 0. The van der Waals surface area contributed by atoms with Gasteiger partial charge < -0.3 is 20.9 Å². The van der Waals surface area contributed by atoms with Crippen LogP contribution in [0.1, 0.15) is 23.2 Å². The van der Waals surface area contributed by atoms with Crippen LogP contribution in [0.3, 0.4) is 0 Å². The number of hydrogen-bond acceptors (Lipinski definition) is 3. The van der Waals surface area contributed by atoms with E-state index in [1.54, 1.807) is 17.0 Å². The Morgan fingerprint density at radius 3 is 2.00 bits per heavy atom. The number of para-hydroxylation sites is 1. The van der Waals surface area contributed by atoms with Crippen LogP contribution in [0.4, 0.5) is 10.5 Å². The smallest absolute Gasteiger partial charge is 0.319 e. The molecule has 1 aliphatic heterocycles. The van der Waals surface area contributed by atoms with E-state index >= 15 is 0 Å². The second-order valence-corrected chi connectivity index (χ2v) is 8.25. The summed E-state index contributed by atoms with van der Waals surface area (Å²) in [6.45, 7) is 1.03. The minimum absolute atomic E-state index is 0.00508. The number of nitrogens with zero attached hydrogens (tertiary/aromatic N) is 1. The van der Waals surface area contributed by atoms with Crippen LogP contribution in [0.5, 0.6) is 0 Å². The van der Waals surface area contributed by atoms with Gasteiger partial charge in [0, 0.05) is 30.4 Å². The lowest BCUT2D eigenvalue weighted by Crippen LogP contribution is -2.49. The molecule has 1 aliphatic rings. The number of benzene rings is 3. The van der Waals surface area contributed by atoms with Gasteiger partial charge in [-0.15, -0.1) is 0 Å². The summed E-state index contributed by atoms with van der Waals surface area (Å²) in [6, 6.07) is 26.3. The van der Waals surface area contributed by atoms with Crippen LogP contribution in [0.2, 0.25) is 0 Å². The zero-order valence-corrected chi connectivity index (χ0v) is 18.9. The third kappa shape index (κ3) is 6.22. The molecular weight excluding hydrogens is 428 g/mol. The first-order valence-corrected chi connectivity index (χ1v) is 11.4. The van der Waals surface area contributed by atoms with Crippen LogP contribution in [-0.2, 0) is 4.79 Å². The van der Waals surface area contributed by atoms with Crippen molar-refractivity contribution >= 4 is 23.5 Å². The van der Waals surface area contributed by atoms with Gasteiger partial charge in [-0.05, 0) is 48.2 Å². The molecule has 7 nitrogen and oxygen atoms in total. The number of rotatable bonds is 6. The SMILES string of the molecule is O=C(Nc1ccccc1)NC1CCN(C(=O)CNC(=O)c2ccc(-c3ccccc3)cc2)CC1. The average Bonchev–Trinajstić information content (AvgIpc) is 2.88. The Hall–Kier alpha value is -4.13. The number of amides is 4. The molecule has 3 N–H and O–H groups in total. The summed E-state index contributed by atoms with van der Waals surface area (Å²) in [7, 11) is 0. The molecular formula is C27H28N4O3.